The average Bonchev–Trinajstić information content (AvgIpc) is 3.53. The lowest BCUT2D eigenvalue weighted by Crippen LogP contribution is -2.36. The number of aromatic nitrogens is 2. The molecule has 3 aromatic heterocycles. The van der Waals surface area contributed by atoms with Crippen molar-refractivity contribution in [3.8, 4) is 11.3 Å². The summed E-state index contributed by atoms with van der Waals surface area (Å²) in [7, 11) is 0. The Morgan fingerprint density at radius 1 is 1.27 bits per heavy atom. The molecule has 1 saturated heterocycles. The van der Waals surface area contributed by atoms with Crippen molar-refractivity contribution in [1.82, 2.24) is 14.9 Å². The van der Waals surface area contributed by atoms with Crippen LogP contribution in [0.5, 0.6) is 0 Å². The number of H-pyrrole nitrogens is 1. The fraction of sp³-hybridized carbons (Fsp3) is 0.552. The molecule has 1 amide bonds. The maximum atomic E-state index is 12.6. The van der Waals surface area contributed by atoms with E-state index in [1.54, 1.807) is 0 Å². The lowest BCUT2D eigenvalue weighted by atomic mass is 9.93. The topological polar surface area (TPSA) is 96.6 Å². The molecule has 4 heterocycles. The van der Waals surface area contributed by atoms with Crippen LogP contribution in [0.25, 0.3) is 21.5 Å². The van der Waals surface area contributed by atoms with Crippen LogP contribution in [0.1, 0.15) is 80.9 Å². The number of fused-ring (bicyclic) bond motifs is 2. The minimum Gasteiger partial charge on any atom is -0.444 e. The molecule has 0 radical (unpaired) electrons. The monoisotopic (exact) mass is 521 g/mol. The van der Waals surface area contributed by atoms with E-state index in [9.17, 15) is 4.79 Å². The van der Waals surface area contributed by atoms with Crippen LogP contribution < -0.4 is 5.73 Å². The number of carbonyl (C=O) groups excluding carboxylic acids is 1. The van der Waals surface area contributed by atoms with E-state index in [2.05, 4.69) is 41.8 Å². The van der Waals surface area contributed by atoms with Gasteiger partial charge >= 0.3 is 6.09 Å². The normalized spacial score (nSPS) is 22.1. The van der Waals surface area contributed by atoms with Gasteiger partial charge in [-0.25, -0.2) is 14.8 Å². The Bertz CT molecular complexity index is 1350. The number of rotatable bonds is 4. The highest BCUT2D eigenvalue weighted by Gasteiger charge is 2.44. The SMILES string of the molecule is Cc1cc(-c2[nH]c3sc(C4CC5CN(C(=O)OC(C)(C)C)CC5C4)c(C)c3c2C(C)C)cnc1N=CN. The number of aliphatic imine (C=N–C) groups is 1. The van der Waals surface area contributed by atoms with E-state index in [4.69, 9.17) is 10.5 Å². The van der Waals surface area contributed by atoms with Gasteiger partial charge in [-0.05, 0) is 93.9 Å². The van der Waals surface area contributed by atoms with Gasteiger partial charge in [-0.3, -0.25) is 0 Å². The Hall–Kier alpha value is -2.87. The first-order valence-corrected chi connectivity index (χ1v) is 14.1. The third-order valence-corrected chi connectivity index (χ3v) is 9.22. The van der Waals surface area contributed by atoms with E-state index < -0.39 is 5.60 Å². The van der Waals surface area contributed by atoms with Crippen molar-refractivity contribution in [2.75, 3.05) is 13.1 Å². The van der Waals surface area contributed by atoms with Gasteiger partial charge in [0.15, 0.2) is 5.82 Å². The Morgan fingerprint density at radius 3 is 2.51 bits per heavy atom. The molecule has 198 valence electrons. The molecule has 3 N–H and O–H groups in total. The molecule has 0 bridgehead atoms. The highest BCUT2D eigenvalue weighted by atomic mass is 32.1. The van der Waals surface area contributed by atoms with E-state index in [1.165, 1.54) is 32.6 Å². The van der Waals surface area contributed by atoms with E-state index in [0.717, 1.165) is 42.8 Å². The van der Waals surface area contributed by atoms with Crippen molar-refractivity contribution in [2.24, 2.45) is 22.6 Å². The van der Waals surface area contributed by atoms with E-state index in [1.807, 2.05) is 50.1 Å². The largest absolute Gasteiger partial charge is 0.444 e. The summed E-state index contributed by atoms with van der Waals surface area (Å²) in [6, 6.07) is 2.14. The predicted molar refractivity (Wildman–Crippen MR) is 152 cm³/mol. The molecule has 0 spiro atoms. The van der Waals surface area contributed by atoms with E-state index in [0.29, 0.717) is 29.5 Å². The Balaban J connectivity index is 1.40. The molecule has 1 aliphatic carbocycles. The van der Waals surface area contributed by atoms with E-state index >= 15 is 0 Å². The first kappa shape index (κ1) is 25.8. The number of aromatic amines is 1. The zero-order chi connectivity index (χ0) is 26.6. The minimum absolute atomic E-state index is 0.166. The number of hydrogen-bond acceptors (Lipinski definition) is 5. The first-order chi connectivity index (χ1) is 17.5. The van der Waals surface area contributed by atoms with Gasteiger partial charge in [-0.2, -0.15) is 0 Å². The van der Waals surface area contributed by atoms with Crippen molar-refractivity contribution < 1.29 is 9.53 Å². The van der Waals surface area contributed by atoms with Gasteiger partial charge in [0.2, 0.25) is 0 Å². The molecule has 5 rings (SSSR count). The van der Waals surface area contributed by atoms with Crippen molar-refractivity contribution in [3.63, 3.8) is 0 Å². The number of nitrogens with zero attached hydrogens (tertiary/aromatic N) is 3. The Kier molecular flexibility index (Phi) is 6.59. The van der Waals surface area contributed by atoms with Crippen molar-refractivity contribution >= 4 is 39.8 Å². The number of pyridine rings is 1. The number of nitrogens with one attached hydrogen (secondary N) is 1. The lowest BCUT2D eigenvalue weighted by molar-refractivity contribution is 0.0279. The van der Waals surface area contributed by atoms with Gasteiger partial charge in [0.05, 0.1) is 12.0 Å². The zero-order valence-corrected chi connectivity index (χ0v) is 23.8. The summed E-state index contributed by atoms with van der Waals surface area (Å²) in [6.07, 6.45) is 5.30. The Labute approximate surface area is 223 Å². The molecule has 2 unspecified atom stereocenters. The summed E-state index contributed by atoms with van der Waals surface area (Å²) < 4.78 is 5.62. The van der Waals surface area contributed by atoms with Crippen LogP contribution in [0.3, 0.4) is 0 Å². The Morgan fingerprint density at radius 2 is 1.95 bits per heavy atom. The van der Waals surface area contributed by atoms with Gasteiger partial charge in [-0.15, -0.1) is 11.3 Å². The van der Waals surface area contributed by atoms with Gasteiger partial charge in [0.1, 0.15) is 10.4 Å². The number of amides is 1. The summed E-state index contributed by atoms with van der Waals surface area (Å²) >= 11 is 1.92. The van der Waals surface area contributed by atoms with Crippen LogP contribution in [0.4, 0.5) is 10.6 Å². The summed E-state index contributed by atoms with van der Waals surface area (Å²) in [5.41, 5.74) is 11.0. The quantitative estimate of drug-likeness (QED) is 0.285. The van der Waals surface area contributed by atoms with Crippen molar-refractivity contribution in [3.05, 3.63) is 33.8 Å². The second kappa shape index (κ2) is 9.46. The van der Waals surface area contributed by atoms with E-state index in [-0.39, 0.29) is 6.09 Å². The number of thiophene rings is 1. The smallest absolute Gasteiger partial charge is 0.410 e. The molecule has 8 heteroatoms. The molecular formula is C29H39N5O2S. The van der Waals surface area contributed by atoms with Crippen LogP contribution in [-0.4, -0.2) is 46.0 Å². The first-order valence-electron chi connectivity index (χ1n) is 13.3. The summed E-state index contributed by atoms with van der Waals surface area (Å²) in [4.78, 5) is 29.7. The fourth-order valence-corrected chi connectivity index (χ4v) is 7.70. The number of aryl methyl sites for hydroxylation is 2. The highest BCUT2D eigenvalue weighted by Crippen LogP contribution is 2.52. The summed E-state index contributed by atoms with van der Waals surface area (Å²) in [5.74, 6) is 2.70. The van der Waals surface area contributed by atoms with Crippen LogP contribution in [0.2, 0.25) is 0 Å². The van der Waals surface area contributed by atoms with Crippen molar-refractivity contribution in [1.29, 1.82) is 0 Å². The number of nitrogens with two attached hydrogens (primary N) is 1. The summed E-state index contributed by atoms with van der Waals surface area (Å²) in [6.45, 7) is 16.3. The third-order valence-electron chi connectivity index (χ3n) is 7.85. The third kappa shape index (κ3) is 4.76. The number of hydrogen-bond donors (Lipinski definition) is 2. The molecule has 2 fully saturated rings. The molecule has 1 aliphatic heterocycles. The average molecular weight is 522 g/mol. The number of ether oxygens (including phenoxy) is 1. The molecular weight excluding hydrogens is 482 g/mol. The molecule has 0 aromatic carbocycles. The molecule has 37 heavy (non-hydrogen) atoms. The standard InChI is InChI=1S/C29H39N5O2S/c1-15(2)22-23-17(4)25(18-9-20-12-34(13-21(20)10-18)28(35)36-29(5,6)7)37-27(23)33-24(22)19-8-16(3)26(31-11-19)32-14-30/h8,11,14-15,18,20-21,33H,9-10,12-13H2,1-7H3,(H2,30,31,32). The second-order valence-corrected chi connectivity index (χ2v) is 13.1. The second-order valence-electron chi connectivity index (χ2n) is 12.1. The maximum absolute atomic E-state index is 12.6. The lowest BCUT2D eigenvalue weighted by Gasteiger charge is -2.25. The minimum atomic E-state index is -0.450. The van der Waals surface area contributed by atoms with Crippen molar-refractivity contribution in [2.45, 2.75) is 78.7 Å². The fourth-order valence-electron chi connectivity index (χ4n) is 6.34. The van der Waals surface area contributed by atoms with Gasteiger partial charge in [0.25, 0.3) is 0 Å². The van der Waals surface area contributed by atoms with Crippen LogP contribution in [0, 0.1) is 25.7 Å². The van der Waals surface area contributed by atoms with Crippen LogP contribution >= 0.6 is 11.3 Å². The molecule has 1 saturated carbocycles. The van der Waals surface area contributed by atoms with Crippen LogP contribution in [0.15, 0.2) is 17.3 Å². The molecule has 2 atom stereocenters. The number of carbonyl (C=O) groups is 1. The van der Waals surface area contributed by atoms with Gasteiger partial charge in [0, 0.05) is 35.1 Å². The van der Waals surface area contributed by atoms with Crippen LogP contribution in [-0.2, 0) is 4.74 Å². The summed E-state index contributed by atoms with van der Waals surface area (Å²) in [5, 5.41) is 1.37. The predicted octanol–water partition coefficient (Wildman–Crippen LogP) is 7.01. The zero-order valence-electron chi connectivity index (χ0n) is 23.0. The highest BCUT2D eigenvalue weighted by molar-refractivity contribution is 7.19. The van der Waals surface area contributed by atoms with Gasteiger partial charge in [-0.1, -0.05) is 13.8 Å². The van der Waals surface area contributed by atoms with Gasteiger partial charge < -0.3 is 20.4 Å². The molecule has 7 nitrogen and oxygen atoms in total. The molecule has 2 aliphatic rings. The molecule has 3 aromatic rings. The number of likely N-dealkylation sites (tertiary alicyclic amines) is 1. The maximum Gasteiger partial charge on any atom is 0.410 e.